The van der Waals surface area contributed by atoms with Crippen molar-refractivity contribution in [1.29, 1.82) is 0 Å². The average Bonchev–Trinajstić information content (AvgIpc) is 2.78. The molecular weight excluding hydrogens is 224 g/mol. The molecule has 2 rings (SSSR count). The molecule has 0 bridgehead atoms. The van der Waals surface area contributed by atoms with Gasteiger partial charge in [0.15, 0.2) is 5.82 Å². The van der Waals surface area contributed by atoms with E-state index in [1.807, 2.05) is 6.92 Å². The largest absolute Gasteiger partial charge is 0.305 e. The number of carbonyl (C=O) groups excluding carboxylic acids is 1. The van der Waals surface area contributed by atoms with E-state index in [1.54, 1.807) is 11.7 Å². The predicted octanol–water partition coefficient (Wildman–Crippen LogP) is 1.75. The van der Waals surface area contributed by atoms with Gasteiger partial charge in [0.1, 0.15) is 4.88 Å². The van der Waals surface area contributed by atoms with E-state index in [4.69, 9.17) is 0 Å². The minimum absolute atomic E-state index is 0.181. The number of anilines is 1. The Morgan fingerprint density at radius 1 is 1.44 bits per heavy atom. The van der Waals surface area contributed by atoms with Gasteiger partial charge in [0.05, 0.1) is 17.4 Å². The van der Waals surface area contributed by atoms with Crippen LogP contribution in [0.1, 0.15) is 22.3 Å². The maximum absolute atomic E-state index is 11.8. The number of aryl methyl sites for hydroxylation is 1. The van der Waals surface area contributed by atoms with Crippen molar-refractivity contribution in [2.45, 2.75) is 13.3 Å². The van der Waals surface area contributed by atoms with Gasteiger partial charge in [0.25, 0.3) is 5.91 Å². The van der Waals surface area contributed by atoms with Gasteiger partial charge in [-0.1, -0.05) is 6.92 Å². The number of nitrogens with zero attached hydrogens (tertiary/aromatic N) is 3. The fourth-order valence-electron chi connectivity index (χ4n) is 1.24. The summed E-state index contributed by atoms with van der Waals surface area (Å²) in [5, 5.41) is 2.68. The van der Waals surface area contributed by atoms with Crippen molar-refractivity contribution in [2.75, 3.05) is 5.32 Å². The van der Waals surface area contributed by atoms with Crippen LogP contribution in [0.4, 0.5) is 5.82 Å². The van der Waals surface area contributed by atoms with E-state index in [9.17, 15) is 4.79 Å². The molecule has 1 N–H and O–H groups in total. The third-order valence-electron chi connectivity index (χ3n) is 1.99. The first-order valence-electron chi connectivity index (χ1n) is 4.81. The van der Waals surface area contributed by atoms with Crippen molar-refractivity contribution in [1.82, 2.24) is 15.0 Å². The highest BCUT2D eigenvalue weighted by Gasteiger charge is 2.13. The first-order valence-corrected chi connectivity index (χ1v) is 5.69. The van der Waals surface area contributed by atoms with Crippen molar-refractivity contribution in [3.63, 3.8) is 0 Å². The van der Waals surface area contributed by atoms with Crippen molar-refractivity contribution >= 4 is 23.1 Å². The molecule has 82 valence electrons. The summed E-state index contributed by atoms with van der Waals surface area (Å²) in [4.78, 5) is 24.4. The van der Waals surface area contributed by atoms with Gasteiger partial charge in [-0.05, 0) is 6.42 Å². The Kier molecular flexibility index (Phi) is 3.21. The van der Waals surface area contributed by atoms with Gasteiger partial charge in [-0.3, -0.25) is 9.78 Å². The summed E-state index contributed by atoms with van der Waals surface area (Å²) < 4.78 is 0. The highest BCUT2D eigenvalue weighted by molar-refractivity contribution is 7.12. The summed E-state index contributed by atoms with van der Waals surface area (Å²) in [5.74, 6) is 0.266. The summed E-state index contributed by atoms with van der Waals surface area (Å²) >= 11 is 1.33. The van der Waals surface area contributed by atoms with Crippen LogP contribution >= 0.6 is 11.3 Å². The second-order valence-electron chi connectivity index (χ2n) is 3.03. The molecule has 0 aliphatic carbocycles. The molecule has 0 spiro atoms. The van der Waals surface area contributed by atoms with E-state index in [0.717, 1.165) is 12.1 Å². The molecule has 1 amide bonds. The van der Waals surface area contributed by atoms with Crippen LogP contribution in [0.15, 0.2) is 24.1 Å². The maximum Gasteiger partial charge on any atom is 0.268 e. The van der Waals surface area contributed by atoms with Crippen LogP contribution in [0.5, 0.6) is 0 Å². The topological polar surface area (TPSA) is 67.8 Å². The molecule has 0 aliphatic heterocycles. The van der Waals surface area contributed by atoms with Gasteiger partial charge in [-0.25, -0.2) is 9.97 Å². The fraction of sp³-hybridized carbons (Fsp3) is 0.200. The highest BCUT2D eigenvalue weighted by atomic mass is 32.1. The number of thiazole rings is 1. The summed E-state index contributed by atoms with van der Waals surface area (Å²) in [7, 11) is 0. The Labute approximate surface area is 96.6 Å². The number of nitrogens with one attached hydrogen (secondary N) is 1. The van der Waals surface area contributed by atoms with Gasteiger partial charge in [0, 0.05) is 12.4 Å². The molecule has 0 aliphatic rings. The Bertz CT molecular complexity index is 483. The van der Waals surface area contributed by atoms with Gasteiger partial charge >= 0.3 is 0 Å². The number of rotatable bonds is 3. The van der Waals surface area contributed by atoms with E-state index in [-0.39, 0.29) is 5.91 Å². The molecule has 0 fully saturated rings. The SMILES string of the molecule is CCc1ncsc1C(=O)Nc1cnccn1. The minimum Gasteiger partial charge on any atom is -0.305 e. The Morgan fingerprint density at radius 3 is 3.00 bits per heavy atom. The van der Waals surface area contributed by atoms with Gasteiger partial charge in [-0.15, -0.1) is 11.3 Å². The third kappa shape index (κ3) is 2.22. The summed E-state index contributed by atoms with van der Waals surface area (Å²) in [6.07, 6.45) is 5.33. The number of hydrogen-bond donors (Lipinski definition) is 1. The molecule has 0 radical (unpaired) electrons. The Balaban J connectivity index is 2.15. The van der Waals surface area contributed by atoms with E-state index in [2.05, 4.69) is 20.3 Å². The molecular formula is C10H10N4OS. The lowest BCUT2D eigenvalue weighted by molar-refractivity contribution is 0.102. The fourth-order valence-corrected chi connectivity index (χ4v) is 2.02. The number of amides is 1. The van der Waals surface area contributed by atoms with Gasteiger partial charge < -0.3 is 5.32 Å². The highest BCUT2D eigenvalue weighted by Crippen LogP contribution is 2.15. The van der Waals surface area contributed by atoms with E-state index in [1.165, 1.54) is 23.7 Å². The van der Waals surface area contributed by atoms with Gasteiger partial charge in [-0.2, -0.15) is 0 Å². The van der Waals surface area contributed by atoms with Crippen molar-refractivity contribution in [3.05, 3.63) is 34.7 Å². The summed E-state index contributed by atoms with van der Waals surface area (Å²) in [6, 6.07) is 0. The standard InChI is InChI=1S/C10H10N4OS/c1-2-7-9(16-6-13-7)10(15)14-8-5-11-3-4-12-8/h3-6H,2H2,1H3,(H,12,14,15). The lowest BCUT2D eigenvalue weighted by Crippen LogP contribution is -2.13. The van der Waals surface area contributed by atoms with Crippen LogP contribution < -0.4 is 5.32 Å². The van der Waals surface area contributed by atoms with Crippen molar-refractivity contribution in [3.8, 4) is 0 Å². The number of hydrogen-bond acceptors (Lipinski definition) is 5. The second kappa shape index (κ2) is 4.80. The van der Waals surface area contributed by atoms with Crippen LogP contribution in [0, 0.1) is 0 Å². The van der Waals surface area contributed by atoms with Crippen LogP contribution in [0.2, 0.25) is 0 Å². The normalized spacial score (nSPS) is 10.1. The molecule has 2 heterocycles. The first-order chi connectivity index (χ1) is 7.81. The van der Waals surface area contributed by atoms with Crippen LogP contribution in [0.3, 0.4) is 0 Å². The Hall–Kier alpha value is -1.82. The minimum atomic E-state index is -0.181. The zero-order chi connectivity index (χ0) is 11.4. The first kappa shape index (κ1) is 10.7. The van der Waals surface area contributed by atoms with Crippen LogP contribution in [-0.2, 0) is 6.42 Å². The second-order valence-corrected chi connectivity index (χ2v) is 3.88. The predicted molar refractivity (Wildman–Crippen MR) is 61.5 cm³/mol. The van der Waals surface area contributed by atoms with E-state index >= 15 is 0 Å². The Morgan fingerprint density at radius 2 is 2.31 bits per heavy atom. The zero-order valence-corrected chi connectivity index (χ0v) is 9.49. The molecule has 2 aromatic heterocycles. The van der Waals surface area contributed by atoms with E-state index in [0.29, 0.717) is 10.7 Å². The molecule has 6 heteroatoms. The lowest BCUT2D eigenvalue weighted by Gasteiger charge is -2.02. The van der Waals surface area contributed by atoms with Gasteiger partial charge in [0.2, 0.25) is 0 Å². The average molecular weight is 234 g/mol. The smallest absolute Gasteiger partial charge is 0.268 e. The molecule has 0 saturated heterocycles. The summed E-state index contributed by atoms with van der Waals surface area (Å²) in [5.41, 5.74) is 2.48. The lowest BCUT2D eigenvalue weighted by atomic mass is 10.3. The van der Waals surface area contributed by atoms with E-state index < -0.39 is 0 Å². The molecule has 2 aromatic rings. The van der Waals surface area contributed by atoms with Crippen LogP contribution in [0.25, 0.3) is 0 Å². The molecule has 0 aromatic carbocycles. The van der Waals surface area contributed by atoms with Crippen LogP contribution in [-0.4, -0.2) is 20.9 Å². The molecule has 16 heavy (non-hydrogen) atoms. The van der Waals surface area contributed by atoms with Crippen molar-refractivity contribution < 1.29 is 4.79 Å². The monoisotopic (exact) mass is 234 g/mol. The van der Waals surface area contributed by atoms with Crippen molar-refractivity contribution in [2.24, 2.45) is 0 Å². The molecule has 5 nitrogen and oxygen atoms in total. The number of carbonyl (C=O) groups is 1. The quantitative estimate of drug-likeness (QED) is 0.878. The molecule has 0 saturated carbocycles. The third-order valence-corrected chi connectivity index (χ3v) is 2.85. The molecule has 0 unspecified atom stereocenters. The zero-order valence-electron chi connectivity index (χ0n) is 8.67. The summed E-state index contributed by atoms with van der Waals surface area (Å²) in [6.45, 7) is 1.97. The number of aromatic nitrogens is 3. The maximum atomic E-state index is 11.8. The molecule has 0 atom stereocenters.